The quantitative estimate of drug-likeness (QED) is 0.237. The Morgan fingerprint density at radius 1 is 0.500 bits per heavy atom. The second kappa shape index (κ2) is 8.73. The van der Waals surface area contributed by atoms with Crippen LogP contribution in [0.15, 0.2) is 138 Å². The monoisotopic (exact) mass is 510 g/mol. The molecular weight excluding hydrogens is 488 g/mol. The van der Waals surface area contributed by atoms with Crippen LogP contribution < -0.4 is 0 Å². The summed E-state index contributed by atoms with van der Waals surface area (Å²) in [5.74, 6) is 0. The van der Waals surface area contributed by atoms with E-state index in [1.807, 2.05) is 30.3 Å². The highest BCUT2D eigenvalue weighted by Crippen LogP contribution is 2.42. The molecule has 0 unspecified atom stereocenters. The Labute approximate surface area is 230 Å². The number of nitrogens with zero attached hydrogens (tertiary/aromatic N) is 2. The average molecular weight is 511 g/mol. The first-order chi connectivity index (χ1) is 19.8. The standard InChI is InChI=1S/C37H22N2O/c38-23-25-10-9-16-31(37(25)39-33-17-6-3-13-28(33)29-14-4-7-18-34(29)39)27-12-2-1-11-26(27)24-20-21-36-32(22-24)30-15-5-8-19-35(30)40-36/h1-22H. The molecule has 0 aliphatic rings. The van der Waals surface area contributed by atoms with Gasteiger partial charge >= 0.3 is 0 Å². The Bertz CT molecular complexity index is 2240. The molecule has 0 aliphatic heterocycles. The molecular formula is C37H22N2O. The summed E-state index contributed by atoms with van der Waals surface area (Å²) in [5.41, 5.74) is 9.74. The molecule has 0 N–H and O–H groups in total. The molecule has 0 saturated carbocycles. The Kier molecular flexibility index (Phi) is 4.89. The van der Waals surface area contributed by atoms with Gasteiger partial charge in [0.05, 0.1) is 22.3 Å². The third-order valence-corrected chi connectivity index (χ3v) is 7.87. The second-order valence-corrected chi connectivity index (χ2v) is 10.0. The van der Waals surface area contributed by atoms with Crippen LogP contribution in [-0.4, -0.2) is 4.57 Å². The van der Waals surface area contributed by atoms with E-state index in [2.05, 4.69) is 114 Å². The summed E-state index contributed by atoms with van der Waals surface area (Å²) in [6.07, 6.45) is 0. The Morgan fingerprint density at radius 3 is 1.85 bits per heavy atom. The second-order valence-electron chi connectivity index (χ2n) is 10.0. The summed E-state index contributed by atoms with van der Waals surface area (Å²) in [4.78, 5) is 0. The number of fused-ring (bicyclic) bond motifs is 6. The summed E-state index contributed by atoms with van der Waals surface area (Å²) in [6, 6.07) is 48.4. The summed E-state index contributed by atoms with van der Waals surface area (Å²) in [7, 11) is 0. The molecule has 0 bridgehead atoms. The van der Waals surface area contributed by atoms with Crippen molar-refractivity contribution in [3.8, 4) is 34.0 Å². The third kappa shape index (κ3) is 3.24. The Balaban J connectivity index is 1.43. The number of hydrogen-bond acceptors (Lipinski definition) is 2. The number of hydrogen-bond donors (Lipinski definition) is 0. The molecule has 0 fully saturated rings. The predicted molar refractivity (Wildman–Crippen MR) is 164 cm³/mol. The van der Waals surface area contributed by atoms with Gasteiger partial charge in [-0.1, -0.05) is 97.1 Å². The largest absolute Gasteiger partial charge is 0.456 e. The maximum atomic E-state index is 10.3. The smallest absolute Gasteiger partial charge is 0.135 e. The zero-order chi connectivity index (χ0) is 26.6. The molecule has 6 aromatic carbocycles. The van der Waals surface area contributed by atoms with E-state index in [0.717, 1.165) is 60.9 Å². The SMILES string of the molecule is N#Cc1cccc(-c2ccccc2-c2ccc3oc4ccccc4c3c2)c1-n1c2ccccc2c2ccccc21. The Hall–Kier alpha value is -5.59. The van der Waals surface area contributed by atoms with Gasteiger partial charge in [0, 0.05) is 27.1 Å². The van der Waals surface area contributed by atoms with Gasteiger partial charge in [-0.05, 0) is 53.1 Å². The van der Waals surface area contributed by atoms with Gasteiger partial charge in [0.2, 0.25) is 0 Å². The minimum absolute atomic E-state index is 0.634. The van der Waals surface area contributed by atoms with Crippen LogP contribution in [0.5, 0.6) is 0 Å². The highest BCUT2D eigenvalue weighted by Gasteiger charge is 2.20. The summed E-state index contributed by atoms with van der Waals surface area (Å²) >= 11 is 0. The number of nitriles is 1. The molecule has 40 heavy (non-hydrogen) atoms. The summed E-state index contributed by atoms with van der Waals surface area (Å²) in [6.45, 7) is 0. The molecule has 2 aromatic heterocycles. The van der Waals surface area contributed by atoms with Gasteiger partial charge in [-0.3, -0.25) is 0 Å². The van der Waals surface area contributed by atoms with Crippen molar-refractivity contribution in [3.63, 3.8) is 0 Å². The van der Waals surface area contributed by atoms with E-state index in [-0.39, 0.29) is 0 Å². The maximum Gasteiger partial charge on any atom is 0.135 e. The van der Waals surface area contributed by atoms with Gasteiger partial charge < -0.3 is 8.98 Å². The number of para-hydroxylation sites is 4. The van der Waals surface area contributed by atoms with E-state index in [0.29, 0.717) is 5.56 Å². The lowest BCUT2D eigenvalue weighted by Gasteiger charge is -2.18. The van der Waals surface area contributed by atoms with Crippen LogP contribution in [0.1, 0.15) is 5.56 Å². The van der Waals surface area contributed by atoms with Crippen LogP contribution in [0, 0.1) is 11.3 Å². The van der Waals surface area contributed by atoms with Crippen LogP contribution in [0.2, 0.25) is 0 Å². The fraction of sp³-hybridized carbons (Fsp3) is 0. The molecule has 186 valence electrons. The first kappa shape index (κ1) is 22.4. The van der Waals surface area contributed by atoms with Crippen LogP contribution in [-0.2, 0) is 0 Å². The van der Waals surface area contributed by atoms with Gasteiger partial charge in [0.1, 0.15) is 17.2 Å². The summed E-state index contributed by atoms with van der Waals surface area (Å²) < 4.78 is 8.35. The van der Waals surface area contributed by atoms with Crippen molar-refractivity contribution in [3.05, 3.63) is 139 Å². The molecule has 3 nitrogen and oxygen atoms in total. The molecule has 3 heteroatoms. The van der Waals surface area contributed by atoms with E-state index in [1.165, 1.54) is 10.8 Å². The summed E-state index contributed by atoms with van der Waals surface area (Å²) in [5, 5.41) is 14.9. The molecule has 2 heterocycles. The normalized spacial score (nSPS) is 11.5. The van der Waals surface area contributed by atoms with Crippen LogP contribution in [0.4, 0.5) is 0 Å². The molecule has 0 amide bonds. The predicted octanol–water partition coefficient (Wildman–Crippen LogP) is 9.89. The van der Waals surface area contributed by atoms with Crippen molar-refractivity contribution in [2.24, 2.45) is 0 Å². The van der Waals surface area contributed by atoms with Crippen LogP contribution in [0.25, 0.3) is 71.7 Å². The molecule has 0 saturated heterocycles. The highest BCUT2D eigenvalue weighted by atomic mass is 16.3. The van der Waals surface area contributed by atoms with Gasteiger partial charge in [-0.15, -0.1) is 0 Å². The van der Waals surface area contributed by atoms with Crippen molar-refractivity contribution in [2.45, 2.75) is 0 Å². The third-order valence-electron chi connectivity index (χ3n) is 7.87. The molecule has 0 aliphatic carbocycles. The number of aromatic nitrogens is 1. The fourth-order valence-corrected chi connectivity index (χ4v) is 6.12. The molecule has 8 aromatic rings. The fourth-order valence-electron chi connectivity index (χ4n) is 6.12. The molecule has 8 rings (SSSR count). The highest BCUT2D eigenvalue weighted by molar-refractivity contribution is 6.10. The van der Waals surface area contributed by atoms with E-state index < -0.39 is 0 Å². The zero-order valence-electron chi connectivity index (χ0n) is 21.5. The van der Waals surface area contributed by atoms with Gasteiger partial charge in [0.25, 0.3) is 0 Å². The first-order valence-corrected chi connectivity index (χ1v) is 13.3. The van der Waals surface area contributed by atoms with Crippen molar-refractivity contribution in [1.82, 2.24) is 4.57 Å². The zero-order valence-corrected chi connectivity index (χ0v) is 21.5. The van der Waals surface area contributed by atoms with Gasteiger partial charge in [-0.2, -0.15) is 5.26 Å². The van der Waals surface area contributed by atoms with E-state index in [4.69, 9.17) is 4.42 Å². The maximum absolute atomic E-state index is 10.3. The minimum atomic E-state index is 0.634. The first-order valence-electron chi connectivity index (χ1n) is 13.3. The lowest BCUT2D eigenvalue weighted by Crippen LogP contribution is -2.01. The van der Waals surface area contributed by atoms with Crippen molar-refractivity contribution in [2.75, 3.05) is 0 Å². The topological polar surface area (TPSA) is 41.9 Å². The number of rotatable bonds is 3. The average Bonchev–Trinajstić information content (AvgIpc) is 3.56. The van der Waals surface area contributed by atoms with Gasteiger partial charge in [0.15, 0.2) is 0 Å². The minimum Gasteiger partial charge on any atom is -0.456 e. The van der Waals surface area contributed by atoms with Crippen molar-refractivity contribution in [1.29, 1.82) is 5.26 Å². The van der Waals surface area contributed by atoms with E-state index in [1.54, 1.807) is 0 Å². The van der Waals surface area contributed by atoms with E-state index in [9.17, 15) is 5.26 Å². The Morgan fingerprint density at radius 2 is 1.10 bits per heavy atom. The lowest BCUT2D eigenvalue weighted by molar-refractivity contribution is 0.669. The number of furan rings is 1. The molecule has 0 spiro atoms. The van der Waals surface area contributed by atoms with Crippen molar-refractivity contribution >= 4 is 43.7 Å². The van der Waals surface area contributed by atoms with E-state index >= 15 is 0 Å². The van der Waals surface area contributed by atoms with Crippen LogP contribution >= 0.6 is 0 Å². The molecule has 0 radical (unpaired) electrons. The van der Waals surface area contributed by atoms with Gasteiger partial charge in [-0.25, -0.2) is 0 Å². The van der Waals surface area contributed by atoms with Crippen LogP contribution in [0.3, 0.4) is 0 Å². The van der Waals surface area contributed by atoms with Crippen molar-refractivity contribution < 1.29 is 4.42 Å². The molecule has 0 atom stereocenters. The lowest BCUT2D eigenvalue weighted by atomic mass is 9.91. The number of benzene rings is 6.